The first-order valence-corrected chi connectivity index (χ1v) is 12.8. The zero-order valence-corrected chi connectivity index (χ0v) is 20.2. The molecule has 0 bridgehead atoms. The molecule has 0 spiro atoms. The van der Waals surface area contributed by atoms with E-state index in [0.717, 1.165) is 22.9 Å². The van der Waals surface area contributed by atoms with Gasteiger partial charge in [0.15, 0.2) is 11.4 Å². The Hall–Kier alpha value is -3.66. The molecule has 9 nitrogen and oxygen atoms in total. The Morgan fingerprint density at radius 2 is 1.94 bits per heavy atom. The van der Waals surface area contributed by atoms with Gasteiger partial charge in [0.2, 0.25) is 0 Å². The van der Waals surface area contributed by atoms with Crippen molar-refractivity contribution in [3.05, 3.63) is 70.4 Å². The van der Waals surface area contributed by atoms with Crippen LogP contribution in [0.25, 0.3) is 22.3 Å². The maximum Gasteiger partial charge on any atom is 0.328 e. The number of nitrogens with one attached hydrogen (secondary N) is 1. The van der Waals surface area contributed by atoms with Gasteiger partial charge in [0.1, 0.15) is 9.84 Å². The summed E-state index contributed by atoms with van der Waals surface area (Å²) in [5.41, 5.74) is 3.63. The highest BCUT2D eigenvalue weighted by Crippen LogP contribution is 2.30. The summed E-state index contributed by atoms with van der Waals surface area (Å²) < 4.78 is 36.9. The minimum Gasteiger partial charge on any atom is -0.491 e. The smallest absolute Gasteiger partial charge is 0.328 e. The summed E-state index contributed by atoms with van der Waals surface area (Å²) >= 11 is 0. The Bertz CT molecular complexity index is 1510. The molecule has 1 aromatic carbocycles. The number of sulfone groups is 1. The summed E-state index contributed by atoms with van der Waals surface area (Å²) in [6, 6.07) is 12.1. The van der Waals surface area contributed by atoms with Crippen molar-refractivity contribution >= 4 is 21.0 Å². The lowest BCUT2D eigenvalue weighted by Crippen LogP contribution is -2.29. The third kappa shape index (κ3) is 4.67. The molecule has 4 aromatic rings. The number of fused-ring (bicyclic) bond motifs is 1. The lowest BCUT2D eigenvalue weighted by atomic mass is 10.0. The van der Waals surface area contributed by atoms with Crippen LogP contribution in [0.3, 0.4) is 0 Å². The highest BCUT2D eigenvalue weighted by molar-refractivity contribution is 7.90. The molecular formula is C24H26N4O5S. The largest absolute Gasteiger partial charge is 0.491 e. The van der Waals surface area contributed by atoms with E-state index >= 15 is 0 Å². The fourth-order valence-electron chi connectivity index (χ4n) is 3.95. The van der Waals surface area contributed by atoms with E-state index in [4.69, 9.17) is 9.47 Å². The van der Waals surface area contributed by atoms with E-state index < -0.39 is 21.6 Å². The Kier molecular flexibility index (Phi) is 6.43. The second-order valence-electron chi connectivity index (χ2n) is 7.99. The summed E-state index contributed by atoms with van der Waals surface area (Å²) in [4.78, 5) is 24.9. The summed E-state index contributed by atoms with van der Waals surface area (Å²) in [7, 11) is -2.00. The second-order valence-corrected chi connectivity index (χ2v) is 10.2. The van der Waals surface area contributed by atoms with Gasteiger partial charge in [-0.05, 0) is 43.2 Å². The minimum absolute atomic E-state index is 0.226. The van der Waals surface area contributed by atoms with Crippen LogP contribution in [0.15, 0.2) is 53.5 Å². The van der Waals surface area contributed by atoms with Gasteiger partial charge in [-0.2, -0.15) is 0 Å². The third-order valence-corrected chi connectivity index (χ3v) is 6.39. The van der Waals surface area contributed by atoms with E-state index in [1.807, 2.05) is 44.2 Å². The molecule has 0 saturated heterocycles. The number of benzene rings is 1. The van der Waals surface area contributed by atoms with Gasteiger partial charge in [0.25, 0.3) is 5.88 Å². The predicted octanol–water partition coefficient (Wildman–Crippen LogP) is 3.14. The number of hydrogen-bond donors (Lipinski definition) is 1. The number of imidazole rings is 1. The van der Waals surface area contributed by atoms with Crippen molar-refractivity contribution < 1.29 is 17.9 Å². The van der Waals surface area contributed by atoms with E-state index in [-0.39, 0.29) is 11.6 Å². The van der Waals surface area contributed by atoms with Gasteiger partial charge in [-0.25, -0.2) is 23.2 Å². The molecule has 3 aromatic heterocycles. The second kappa shape index (κ2) is 9.30. The van der Waals surface area contributed by atoms with Gasteiger partial charge in [-0.15, -0.1) is 0 Å². The maximum absolute atomic E-state index is 13.1. The standard InChI is InChI=1S/C24H26N4O5S/c1-5-33-23-21(32-3)11-10-18(26-23)20(14-34(4,30)31)28-22-19(27-24(28)29)12-16(13-25-22)17-9-7-6-8-15(17)2/h6-13,20H,5,14H2,1-4H3,(H,27,29)/t20-/m1/s1. The monoisotopic (exact) mass is 482 g/mol. The molecule has 4 rings (SSSR count). The van der Waals surface area contributed by atoms with Crippen molar-refractivity contribution in [3.63, 3.8) is 0 Å². The Labute approximate surface area is 197 Å². The first kappa shape index (κ1) is 23.5. The molecule has 1 atom stereocenters. The summed E-state index contributed by atoms with van der Waals surface area (Å²) in [6.07, 6.45) is 2.80. The number of aromatic amines is 1. The van der Waals surface area contributed by atoms with Crippen LogP contribution >= 0.6 is 0 Å². The molecule has 34 heavy (non-hydrogen) atoms. The number of rotatable bonds is 8. The summed E-state index contributed by atoms with van der Waals surface area (Å²) in [6.45, 7) is 4.16. The van der Waals surface area contributed by atoms with E-state index in [1.165, 1.54) is 11.7 Å². The SMILES string of the molecule is CCOc1nc([C@@H](CS(C)(=O)=O)n2c(=O)[nH]c3cc(-c4ccccc4C)cnc32)ccc1OC. The summed E-state index contributed by atoms with van der Waals surface area (Å²) in [5, 5.41) is 0. The number of hydrogen-bond acceptors (Lipinski definition) is 7. The number of H-pyrrole nitrogens is 1. The van der Waals surface area contributed by atoms with Crippen molar-refractivity contribution in [3.8, 4) is 22.8 Å². The van der Waals surface area contributed by atoms with Crippen LogP contribution < -0.4 is 15.2 Å². The van der Waals surface area contributed by atoms with Crippen LogP contribution in [0.5, 0.6) is 11.6 Å². The van der Waals surface area contributed by atoms with E-state index in [1.54, 1.807) is 18.3 Å². The molecule has 178 valence electrons. The topological polar surface area (TPSA) is 116 Å². The minimum atomic E-state index is -3.49. The van der Waals surface area contributed by atoms with Crippen molar-refractivity contribution in [2.75, 3.05) is 25.7 Å². The molecule has 0 aliphatic heterocycles. The van der Waals surface area contributed by atoms with Crippen LogP contribution in [0, 0.1) is 6.92 Å². The maximum atomic E-state index is 13.1. The van der Waals surface area contributed by atoms with Crippen LogP contribution in [0.4, 0.5) is 0 Å². The van der Waals surface area contributed by atoms with Crippen LogP contribution in [-0.4, -0.2) is 53.7 Å². The first-order chi connectivity index (χ1) is 16.2. The molecule has 0 unspecified atom stereocenters. The fourth-order valence-corrected chi connectivity index (χ4v) is 4.84. The number of aryl methyl sites for hydroxylation is 1. The zero-order valence-electron chi connectivity index (χ0n) is 19.4. The van der Waals surface area contributed by atoms with Gasteiger partial charge in [0.05, 0.1) is 36.7 Å². The van der Waals surface area contributed by atoms with Gasteiger partial charge < -0.3 is 14.5 Å². The lowest BCUT2D eigenvalue weighted by molar-refractivity contribution is 0.296. The number of aromatic nitrogens is 4. The molecule has 10 heteroatoms. The van der Waals surface area contributed by atoms with Crippen molar-refractivity contribution in [2.45, 2.75) is 19.9 Å². The van der Waals surface area contributed by atoms with Crippen LogP contribution in [-0.2, 0) is 9.84 Å². The third-order valence-electron chi connectivity index (χ3n) is 5.47. The highest BCUT2D eigenvalue weighted by atomic mass is 32.2. The van der Waals surface area contributed by atoms with Gasteiger partial charge in [0, 0.05) is 18.0 Å². The lowest BCUT2D eigenvalue weighted by Gasteiger charge is -2.19. The van der Waals surface area contributed by atoms with Crippen LogP contribution in [0.1, 0.15) is 24.2 Å². The number of methoxy groups -OCH3 is 1. The van der Waals surface area contributed by atoms with Crippen molar-refractivity contribution in [1.82, 2.24) is 19.5 Å². The Balaban J connectivity index is 1.89. The molecular weight excluding hydrogens is 456 g/mol. The molecule has 3 heterocycles. The molecule has 0 aliphatic rings. The number of nitrogens with zero attached hydrogens (tertiary/aromatic N) is 3. The Morgan fingerprint density at radius 3 is 2.62 bits per heavy atom. The van der Waals surface area contributed by atoms with Crippen molar-refractivity contribution in [2.24, 2.45) is 0 Å². The van der Waals surface area contributed by atoms with E-state index in [9.17, 15) is 13.2 Å². The van der Waals surface area contributed by atoms with E-state index in [2.05, 4.69) is 15.0 Å². The van der Waals surface area contributed by atoms with E-state index in [0.29, 0.717) is 29.2 Å². The molecule has 1 N–H and O–H groups in total. The van der Waals surface area contributed by atoms with Gasteiger partial charge in [-0.3, -0.25) is 4.57 Å². The molecule has 0 radical (unpaired) electrons. The molecule has 0 amide bonds. The fraction of sp³-hybridized carbons (Fsp3) is 0.292. The van der Waals surface area contributed by atoms with Crippen LogP contribution in [0.2, 0.25) is 0 Å². The van der Waals surface area contributed by atoms with Gasteiger partial charge >= 0.3 is 5.69 Å². The molecule has 0 saturated carbocycles. The van der Waals surface area contributed by atoms with Gasteiger partial charge in [-0.1, -0.05) is 24.3 Å². The normalized spacial score (nSPS) is 12.6. The first-order valence-electron chi connectivity index (χ1n) is 10.7. The van der Waals surface area contributed by atoms with Crippen molar-refractivity contribution in [1.29, 1.82) is 0 Å². The summed E-state index contributed by atoms with van der Waals surface area (Å²) in [5.74, 6) is 0.297. The Morgan fingerprint density at radius 1 is 1.18 bits per heavy atom. The predicted molar refractivity (Wildman–Crippen MR) is 130 cm³/mol. The quantitative estimate of drug-likeness (QED) is 0.410. The average Bonchev–Trinajstić information content (AvgIpc) is 3.12. The zero-order chi connectivity index (χ0) is 24.5. The highest BCUT2D eigenvalue weighted by Gasteiger charge is 2.27. The average molecular weight is 483 g/mol. The number of ether oxygens (including phenoxy) is 2. The molecule has 0 aliphatic carbocycles. The molecule has 0 fully saturated rings. The number of pyridine rings is 2.